The van der Waals surface area contributed by atoms with E-state index in [2.05, 4.69) is 0 Å². The highest BCUT2D eigenvalue weighted by atomic mass is 19.1. The Morgan fingerprint density at radius 1 is 1.22 bits per heavy atom. The van der Waals surface area contributed by atoms with Gasteiger partial charge in [0, 0.05) is 6.08 Å². The first kappa shape index (κ1) is 16.5. The standard InChI is InChI=1S/C18H17FO4/c1-12(14-5-7-15(19)8-6-14)23-18(21)10-4-13-3-9-16(20)17(11-13)22-2/h3-12,20H,1-2H3/b10-4+/t12-/m0/s1. The van der Waals surface area contributed by atoms with Crippen LogP contribution < -0.4 is 4.74 Å². The molecular formula is C18H17FO4. The summed E-state index contributed by atoms with van der Waals surface area (Å²) < 4.78 is 23.1. The van der Waals surface area contributed by atoms with Crippen LogP contribution in [0.4, 0.5) is 4.39 Å². The van der Waals surface area contributed by atoms with Gasteiger partial charge < -0.3 is 14.6 Å². The minimum atomic E-state index is -0.520. The van der Waals surface area contributed by atoms with Gasteiger partial charge in [0.15, 0.2) is 11.5 Å². The van der Waals surface area contributed by atoms with Crippen LogP contribution in [0.15, 0.2) is 48.5 Å². The number of rotatable bonds is 5. The van der Waals surface area contributed by atoms with Crippen molar-refractivity contribution >= 4 is 12.0 Å². The molecule has 0 bridgehead atoms. The van der Waals surface area contributed by atoms with Crippen molar-refractivity contribution in [2.24, 2.45) is 0 Å². The molecule has 0 aliphatic rings. The smallest absolute Gasteiger partial charge is 0.331 e. The molecule has 2 rings (SSSR count). The monoisotopic (exact) mass is 316 g/mol. The lowest BCUT2D eigenvalue weighted by Gasteiger charge is -2.12. The second-order valence-corrected chi connectivity index (χ2v) is 4.90. The Balaban J connectivity index is 2.00. The van der Waals surface area contributed by atoms with Crippen LogP contribution in [0.5, 0.6) is 11.5 Å². The van der Waals surface area contributed by atoms with E-state index in [0.29, 0.717) is 16.9 Å². The fraction of sp³-hybridized carbons (Fsp3) is 0.167. The number of halogens is 1. The molecule has 0 radical (unpaired) electrons. The van der Waals surface area contributed by atoms with Gasteiger partial charge in [-0.05, 0) is 48.4 Å². The van der Waals surface area contributed by atoms with E-state index in [1.54, 1.807) is 37.3 Å². The molecule has 23 heavy (non-hydrogen) atoms. The van der Waals surface area contributed by atoms with Crippen LogP contribution in [0.2, 0.25) is 0 Å². The lowest BCUT2D eigenvalue weighted by Crippen LogP contribution is -2.06. The molecule has 0 aliphatic carbocycles. The number of aromatic hydroxyl groups is 1. The summed E-state index contributed by atoms with van der Waals surface area (Å²) in [5.41, 5.74) is 1.39. The third-order valence-electron chi connectivity index (χ3n) is 3.25. The van der Waals surface area contributed by atoms with Crippen LogP contribution >= 0.6 is 0 Å². The molecule has 2 aromatic rings. The molecule has 0 unspecified atom stereocenters. The second kappa shape index (κ2) is 7.45. The highest BCUT2D eigenvalue weighted by molar-refractivity contribution is 5.87. The van der Waals surface area contributed by atoms with Crippen LogP contribution in [-0.2, 0) is 9.53 Å². The van der Waals surface area contributed by atoms with Crippen molar-refractivity contribution in [2.75, 3.05) is 7.11 Å². The Bertz CT molecular complexity index is 707. The molecule has 0 saturated carbocycles. The first-order valence-electron chi connectivity index (χ1n) is 7.01. The minimum absolute atomic E-state index is 0.0251. The van der Waals surface area contributed by atoms with Gasteiger partial charge in [-0.3, -0.25) is 0 Å². The van der Waals surface area contributed by atoms with Crippen LogP contribution in [0.25, 0.3) is 6.08 Å². The molecule has 0 aliphatic heterocycles. The average molecular weight is 316 g/mol. The normalized spacial score (nSPS) is 12.1. The largest absolute Gasteiger partial charge is 0.504 e. The average Bonchev–Trinajstić information content (AvgIpc) is 2.54. The summed E-state index contributed by atoms with van der Waals surface area (Å²) in [4.78, 5) is 11.8. The van der Waals surface area contributed by atoms with Gasteiger partial charge in [0.25, 0.3) is 0 Å². The van der Waals surface area contributed by atoms with E-state index in [9.17, 15) is 14.3 Å². The highest BCUT2D eigenvalue weighted by Crippen LogP contribution is 2.26. The van der Waals surface area contributed by atoms with Crippen molar-refractivity contribution in [2.45, 2.75) is 13.0 Å². The van der Waals surface area contributed by atoms with E-state index in [1.165, 1.54) is 31.4 Å². The topological polar surface area (TPSA) is 55.8 Å². The maximum Gasteiger partial charge on any atom is 0.331 e. The number of phenolic OH excluding ortho intramolecular Hbond substituents is 1. The number of ether oxygens (including phenoxy) is 2. The van der Waals surface area contributed by atoms with Crippen LogP contribution in [-0.4, -0.2) is 18.2 Å². The van der Waals surface area contributed by atoms with E-state index < -0.39 is 12.1 Å². The Morgan fingerprint density at radius 2 is 1.91 bits per heavy atom. The first-order valence-corrected chi connectivity index (χ1v) is 7.01. The van der Waals surface area contributed by atoms with Crippen molar-refractivity contribution in [1.29, 1.82) is 0 Å². The predicted molar refractivity (Wildman–Crippen MR) is 84.6 cm³/mol. The molecule has 0 aromatic heterocycles. The fourth-order valence-electron chi connectivity index (χ4n) is 1.98. The minimum Gasteiger partial charge on any atom is -0.504 e. The summed E-state index contributed by atoms with van der Waals surface area (Å²) in [5.74, 6) is -0.514. The number of esters is 1. The van der Waals surface area contributed by atoms with Gasteiger partial charge in [0.05, 0.1) is 7.11 Å². The maximum absolute atomic E-state index is 12.9. The van der Waals surface area contributed by atoms with E-state index >= 15 is 0 Å². The Kier molecular flexibility index (Phi) is 5.36. The summed E-state index contributed by atoms with van der Waals surface area (Å²) in [5, 5.41) is 9.51. The molecule has 0 saturated heterocycles. The Morgan fingerprint density at radius 3 is 2.57 bits per heavy atom. The lowest BCUT2D eigenvalue weighted by molar-refractivity contribution is -0.142. The maximum atomic E-state index is 12.9. The van der Waals surface area contributed by atoms with Crippen molar-refractivity contribution in [3.63, 3.8) is 0 Å². The number of carbonyl (C=O) groups is 1. The second-order valence-electron chi connectivity index (χ2n) is 4.90. The quantitative estimate of drug-likeness (QED) is 0.672. The predicted octanol–water partition coefficient (Wildman–Crippen LogP) is 3.86. The highest BCUT2D eigenvalue weighted by Gasteiger charge is 2.09. The number of methoxy groups -OCH3 is 1. The fourth-order valence-corrected chi connectivity index (χ4v) is 1.98. The van der Waals surface area contributed by atoms with Gasteiger partial charge >= 0.3 is 5.97 Å². The molecule has 0 heterocycles. The molecule has 1 atom stereocenters. The molecule has 0 fully saturated rings. The number of hydrogen-bond donors (Lipinski definition) is 1. The molecule has 4 nitrogen and oxygen atoms in total. The number of hydrogen-bond acceptors (Lipinski definition) is 4. The molecule has 1 N–H and O–H groups in total. The zero-order valence-corrected chi connectivity index (χ0v) is 12.8. The van der Waals surface area contributed by atoms with Gasteiger partial charge in [-0.25, -0.2) is 9.18 Å². The molecule has 2 aromatic carbocycles. The third kappa shape index (κ3) is 4.57. The molecule has 5 heteroatoms. The zero-order valence-electron chi connectivity index (χ0n) is 12.8. The van der Waals surface area contributed by atoms with Gasteiger partial charge in [-0.1, -0.05) is 18.2 Å². The number of carbonyl (C=O) groups excluding carboxylic acids is 1. The summed E-state index contributed by atoms with van der Waals surface area (Å²) >= 11 is 0. The molecule has 120 valence electrons. The zero-order chi connectivity index (χ0) is 16.8. The molecular weight excluding hydrogens is 299 g/mol. The number of benzene rings is 2. The van der Waals surface area contributed by atoms with Crippen molar-refractivity contribution < 1.29 is 23.8 Å². The first-order chi connectivity index (χ1) is 11.0. The van der Waals surface area contributed by atoms with Gasteiger partial charge in [0.1, 0.15) is 11.9 Å². The summed E-state index contributed by atoms with van der Waals surface area (Å²) in [6.07, 6.45) is 2.36. The van der Waals surface area contributed by atoms with Gasteiger partial charge in [-0.2, -0.15) is 0 Å². The third-order valence-corrected chi connectivity index (χ3v) is 3.25. The Hall–Kier alpha value is -2.82. The van der Waals surface area contributed by atoms with E-state index in [-0.39, 0.29) is 11.6 Å². The van der Waals surface area contributed by atoms with Crippen molar-refractivity contribution in [3.8, 4) is 11.5 Å². The van der Waals surface area contributed by atoms with Crippen molar-refractivity contribution in [1.82, 2.24) is 0 Å². The van der Waals surface area contributed by atoms with E-state index in [1.807, 2.05) is 0 Å². The van der Waals surface area contributed by atoms with Crippen LogP contribution in [0, 0.1) is 5.82 Å². The lowest BCUT2D eigenvalue weighted by atomic mass is 10.1. The number of phenols is 1. The molecule has 0 spiro atoms. The molecule has 0 amide bonds. The van der Waals surface area contributed by atoms with Crippen LogP contribution in [0.1, 0.15) is 24.2 Å². The summed E-state index contributed by atoms with van der Waals surface area (Å²) in [6.45, 7) is 1.71. The van der Waals surface area contributed by atoms with Gasteiger partial charge in [-0.15, -0.1) is 0 Å². The van der Waals surface area contributed by atoms with Crippen LogP contribution in [0.3, 0.4) is 0 Å². The summed E-state index contributed by atoms with van der Waals surface area (Å²) in [6, 6.07) is 10.5. The summed E-state index contributed by atoms with van der Waals surface area (Å²) in [7, 11) is 1.45. The van der Waals surface area contributed by atoms with E-state index in [4.69, 9.17) is 9.47 Å². The Labute approximate surface area is 133 Å². The van der Waals surface area contributed by atoms with E-state index in [0.717, 1.165) is 0 Å². The van der Waals surface area contributed by atoms with Gasteiger partial charge in [0.2, 0.25) is 0 Å². The SMILES string of the molecule is COc1cc(/C=C/C(=O)O[C@@H](C)c2ccc(F)cc2)ccc1O. The van der Waals surface area contributed by atoms with Crippen molar-refractivity contribution in [3.05, 3.63) is 65.5 Å².